The molecule has 0 radical (unpaired) electrons. The summed E-state index contributed by atoms with van der Waals surface area (Å²) in [6.07, 6.45) is 4.93. The van der Waals surface area contributed by atoms with Crippen molar-refractivity contribution in [3.05, 3.63) is 59.7 Å². The first kappa shape index (κ1) is 29.3. The number of nitrogen functional groups attached to an aromatic ring is 1. The largest absolute Gasteiger partial charge is 0.396 e. The molecule has 1 fully saturated rings. The molecule has 3 heterocycles. The number of ether oxygens (including phenoxy) is 1. The van der Waals surface area contributed by atoms with Gasteiger partial charge in [-0.25, -0.2) is 4.98 Å². The van der Waals surface area contributed by atoms with E-state index in [4.69, 9.17) is 10.5 Å². The fourth-order valence-corrected chi connectivity index (χ4v) is 6.06. The van der Waals surface area contributed by atoms with Gasteiger partial charge in [0.2, 0.25) is 5.95 Å². The summed E-state index contributed by atoms with van der Waals surface area (Å²) in [5.74, 6) is 0.977. The van der Waals surface area contributed by atoms with E-state index < -0.39 is 0 Å². The normalized spacial score (nSPS) is 15.6. The molecular weight excluding hydrogens is 514 g/mol. The highest BCUT2D eigenvalue weighted by Gasteiger charge is 2.21. The molecule has 2 aromatic heterocycles. The van der Waals surface area contributed by atoms with Crippen molar-refractivity contribution in [1.29, 1.82) is 0 Å². The van der Waals surface area contributed by atoms with Crippen LogP contribution in [-0.4, -0.2) is 76.6 Å². The fraction of sp³-hybridized carbons (Fsp3) is 0.500. The molecule has 0 bridgehead atoms. The number of benzene rings is 2. The number of anilines is 2. The van der Waals surface area contributed by atoms with Crippen LogP contribution in [0, 0.1) is 0 Å². The third-order valence-corrected chi connectivity index (χ3v) is 8.20. The molecule has 1 aliphatic rings. The number of aromatic nitrogens is 3. The first-order valence-corrected chi connectivity index (χ1v) is 15.0. The fourth-order valence-electron chi connectivity index (χ4n) is 6.06. The Labute approximate surface area is 243 Å². The van der Waals surface area contributed by atoms with Crippen LogP contribution in [0.15, 0.2) is 48.5 Å². The number of nitrogens with two attached hydrogens (primary N) is 1. The Hall–Kier alpha value is -3.24. The third-order valence-electron chi connectivity index (χ3n) is 8.20. The monoisotopic (exact) mass is 559 g/mol. The number of likely N-dealkylation sites (tertiary alicyclic amines) is 1. The van der Waals surface area contributed by atoms with Crippen LogP contribution in [0.5, 0.6) is 0 Å². The van der Waals surface area contributed by atoms with Crippen molar-refractivity contribution >= 4 is 33.7 Å². The molecule has 9 nitrogen and oxygen atoms in total. The van der Waals surface area contributed by atoms with Gasteiger partial charge >= 0.3 is 0 Å². The maximum atomic E-state index is 9.65. The van der Waals surface area contributed by atoms with Crippen LogP contribution in [0.2, 0.25) is 0 Å². The van der Waals surface area contributed by atoms with Gasteiger partial charge in [0.15, 0.2) is 5.82 Å². The van der Waals surface area contributed by atoms with Crippen molar-refractivity contribution in [3.63, 3.8) is 0 Å². The van der Waals surface area contributed by atoms with Crippen LogP contribution in [0.1, 0.15) is 50.2 Å². The number of nitrogens with one attached hydrogen (secondary N) is 2. The number of rotatable bonds is 14. The third kappa shape index (κ3) is 7.16. The van der Waals surface area contributed by atoms with Crippen molar-refractivity contribution in [1.82, 2.24) is 24.8 Å². The molecule has 0 amide bonds. The molecule has 4 aromatic rings. The average molecular weight is 560 g/mol. The van der Waals surface area contributed by atoms with Crippen LogP contribution < -0.4 is 16.4 Å². The molecule has 220 valence electrons. The zero-order valence-electron chi connectivity index (χ0n) is 24.5. The summed E-state index contributed by atoms with van der Waals surface area (Å²) in [7, 11) is 1.77. The van der Waals surface area contributed by atoms with Crippen molar-refractivity contribution in [2.24, 2.45) is 0 Å². The Bertz CT molecular complexity index is 1410. The quantitative estimate of drug-likeness (QED) is 0.180. The van der Waals surface area contributed by atoms with Crippen LogP contribution in [-0.2, 0) is 17.8 Å². The van der Waals surface area contributed by atoms with E-state index >= 15 is 0 Å². The Morgan fingerprint density at radius 2 is 1.88 bits per heavy atom. The van der Waals surface area contributed by atoms with E-state index in [0.29, 0.717) is 19.0 Å². The molecule has 0 saturated carbocycles. The van der Waals surface area contributed by atoms with Crippen LogP contribution in [0.3, 0.4) is 0 Å². The smallest absolute Gasteiger partial charge is 0.222 e. The molecular formula is C32H45N7O2. The van der Waals surface area contributed by atoms with Gasteiger partial charge in [0.25, 0.3) is 0 Å². The van der Waals surface area contributed by atoms with E-state index in [1.807, 2.05) is 6.07 Å². The Morgan fingerprint density at radius 3 is 2.66 bits per heavy atom. The van der Waals surface area contributed by atoms with E-state index in [1.165, 1.54) is 24.0 Å². The number of hydrogen-bond donors (Lipinski definition) is 4. The van der Waals surface area contributed by atoms with E-state index in [-0.39, 0.29) is 18.6 Å². The van der Waals surface area contributed by atoms with Gasteiger partial charge in [-0.15, -0.1) is 0 Å². The summed E-state index contributed by atoms with van der Waals surface area (Å²) in [5, 5.41) is 18.1. The van der Waals surface area contributed by atoms with Gasteiger partial charge < -0.3 is 35.7 Å². The standard InChI is InChI=1S/C32H45N7O2/c1-3-7-26(14-18-40)35-31-30-29(36-32(33)37-31)27-10-4-5-11-28(27)39(30)22-24-9-6-8-23(20-24)21-34-25-12-15-38(16-13-25)17-19-41-2/h4-6,8-11,20,25-26,34,40H,3,7,12-19,21-22H2,1-2H3,(H3,33,35,36,37)/t26-/m0/s1. The number of aliphatic hydroxyl groups excluding tert-OH is 1. The van der Waals surface area contributed by atoms with E-state index in [1.54, 1.807) is 7.11 Å². The second-order valence-corrected chi connectivity index (χ2v) is 11.2. The molecule has 0 spiro atoms. The number of piperidine rings is 1. The highest BCUT2D eigenvalue weighted by molar-refractivity contribution is 6.09. The van der Waals surface area contributed by atoms with Gasteiger partial charge in [0, 0.05) is 50.8 Å². The van der Waals surface area contributed by atoms with Crippen LogP contribution in [0.25, 0.3) is 21.9 Å². The molecule has 1 saturated heterocycles. The van der Waals surface area contributed by atoms with Gasteiger partial charge in [-0.1, -0.05) is 55.8 Å². The molecule has 5 N–H and O–H groups in total. The molecule has 41 heavy (non-hydrogen) atoms. The second-order valence-electron chi connectivity index (χ2n) is 11.2. The molecule has 0 unspecified atom stereocenters. The summed E-state index contributed by atoms with van der Waals surface area (Å²) in [6.45, 7) is 7.88. The van der Waals surface area contributed by atoms with Gasteiger partial charge in [0.05, 0.1) is 12.1 Å². The lowest BCUT2D eigenvalue weighted by Gasteiger charge is -2.32. The van der Waals surface area contributed by atoms with Crippen molar-refractivity contribution < 1.29 is 9.84 Å². The summed E-state index contributed by atoms with van der Waals surface area (Å²) in [4.78, 5) is 11.8. The first-order valence-electron chi connectivity index (χ1n) is 15.0. The summed E-state index contributed by atoms with van der Waals surface area (Å²) in [5.41, 5.74) is 11.6. The van der Waals surface area contributed by atoms with Gasteiger partial charge in [-0.3, -0.25) is 0 Å². The number of nitrogens with zero attached hydrogens (tertiary/aromatic N) is 4. The zero-order chi connectivity index (χ0) is 28.6. The average Bonchev–Trinajstić information content (AvgIpc) is 3.29. The molecule has 0 aliphatic carbocycles. The Kier molecular flexibility index (Phi) is 10.1. The molecule has 9 heteroatoms. The lowest BCUT2D eigenvalue weighted by molar-refractivity contribution is 0.126. The predicted molar refractivity (Wildman–Crippen MR) is 167 cm³/mol. The number of aliphatic hydroxyl groups is 1. The lowest BCUT2D eigenvalue weighted by Crippen LogP contribution is -2.43. The van der Waals surface area contributed by atoms with Crippen molar-refractivity contribution in [3.8, 4) is 0 Å². The van der Waals surface area contributed by atoms with Crippen molar-refractivity contribution in [2.45, 2.75) is 64.2 Å². The minimum absolute atomic E-state index is 0.107. The zero-order valence-corrected chi connectivity index (χ0v) is 24.5. The second kappa shape index (κ2) is 14.1. The topological polar surface area (TPSA) is 113 Å². The molecule has 1 aliphatic heterocycles. The Balaban J connectivity index is 1.38. The number of hydrogen-bond acceptors (Lipinski definition) is 8. The number of para-hydroxylation sites is 1. The van der Waals surface area contributed by atoms with Crippen LogP contribution >= 0.6 is 0 Å². The highest BCUT2D eigenvalue weighted by atomic mass is 16.5. The van der Waals surface area contributed by atoms with Crippen molar-refractivity contribution in [2.75, 3.05) is 51.0 Å². The SMILES string of the molecule is CCC[C@@H](CCO)Nc1nc(N)nc2c3ccccc3n(Cc3cccc(CNC4CCN(CCOC)CC4)c3)c12. The maximum absolute atomic E-state index is 9.65. The molecule has 1 atom stereocenters. The van der Waals surface area contributed by atoms with Gasteiger partial charge in [-0.05, 0) is 56.0 Å². The predicted octanol–water partition coefficient (Wildman–Crippen LogP) is 4.38. The van der Waals surface area contributed by atoms with Gasteiger partial charge in [0.1, 0.15) is 11.0 Å². The first-order chi connectivity index (χ1) is 20.1. The maximum Gasteiger partial charge on any atom is 0.222 e. The minimum atomic E-state index is 0.107. The van der Waals surface area contributed by atoms with E-state index in [9.17, 15) is 5.11 Å². The summed E-state index contributed by atoms with van der Waals surface area (Å²) >= 11 is 0. The molecule has 2 aromatic carbocycles. The number of methoxy groups -OCH3 is 1. The number of fused-ring (bicyclic) bond motifs is 3. The summed E-state index contributed by atoms with van der Waals surface area (Å²) in [6, 6.07) is 17.8. The lowest BCUT2D eigenvalue weighted by atomic mass is 10.0. The van der Waals surface area contributed by atoms with E-state index in [2.05, 4.69) is 79.5 Å². The van der Waals surface area contributed by atoms with E-state index in [0.717, 1.165) is 73.4 Å². The minimum Gasteiger partial charge on any atom is -0.396 e. The Morgan fingerprint density at radius 1 is 1.07 bits per heavy atom. The highest BCUT2D eigenvalue weighted by Crippen LogP contribution is 2.33. The van der Waals surface area contributed by atoms with Gasteiger partial charge in [-0.2, -0.15) is 4.98 Å². The molecule has 5 rings (SSSR count). The van der Waals surface area contributed by atoms with Crippen LogP contribution in [0.4, 0.5) is 11.8 Å². The summed E-state index contributed by atoms with van der Waals surface area (Å²) < 4.78 is 7.54.